The summed E-state index contributed by atoms with van der Waals surface area (Å²) in [5.74, 6) is 2.41. The van der Waals surface area contributed by atoms with Gasteiger partial charge in [0.25, 0.3) is 0 Å². The quantitative estimate of drug-likeness (QED) is 0.676. The fourth-order valence-corrected chi connectivity index (χ4v) is 2.67. The third-order valence-corrected chi connectivity index (χ3v) is 3.94. The van der Waals surface area contributed by atoms with E-state index in [2.05, 4.69) is 34.6 Å². The summed E-state index contributed by atoms with van der Waals surface area (Å²) in [4.78, 5) is 0. The lowest BCUT2D eigenvalue weighted by molar-refractivity contribution is -0.0744. The molecule has 90 valence electrons. The van der Waals surface area contributed by atoms with E-state index < -0.39 is 0 Å². The molecule has 4 atom stereocenters. The van der Waals surface area contributed by atoms with E-state index in [4.69, 9.17) is 4.74 Å². The van der Waals surface area contributed by atoms with Crippen molar-refractivity contribution in [1.29, 1.82) is 0 Å². The number of ether oxygens (including phenoxy) is 1. The predicted octanol–water partition coefficient (Wildman–Crippen LogP) is 4.26. The summed E-state index contributed by atoms with van der Waals surface area (Å²) in [6, 6.07) is 0. The zero-order chi connectivity index (χ0) is 11.4. The Morgan fingerprint density at radius 3 is 2.40 bits per heavy atom. The van der Waals surface area contributed by atoms with Gasteiger partial charge in [-0.1, -0.05) is 34.1 Å². The fourth-order valence-electron chi connectivity index (χ4n) is 2.67. The summed E-state index contributed by atoms with van der Waals surface area (Å²) in [6.07, 6.45) is 6.11. The van der Waals surface area contributed by atoms with Crippen LogP contribution in [0.5, 0.6) is 0 Å². The molecular weight excluding hydrogens is 184 g/mol. The summed E-state index contributed by atoms with van der Waals surface area (Å²) in [5, 5.41) is 0. The maximum atomic E-state index is 6.18. The van der Waals surface area contributed by atoms with Crippen molar-refractivity contribution in [2.45, 2.75) is 72.5 Å². The Labute approximate surface area is 95.6 Å². The van der Waals surface area contributed by atoms with Crippen molar-refractivity contribution < 1.29 is 4.74 Å². The van der Waals surface area contributed by atoms with E-state index in [1.807, 2.05) is 0 Å². The van der Waals surface area contributed by atoms with Crippen molar-refractivity contribution in [3.8, 4) is 0 Å². The van der Waals surface area contributed by atoms with E-state index >= 15 is 0 Å². The largest absolute Gasteiger partial charge is 0.375 e. The molecule has 0 N–H and O–H groups in total. The van der Waals surface area contributed by atoms with Crippen LogP contribution in [0.2, 0.25) is 0 Å². The first-order valence-electron chi connectivity index (χ1n) is 6.70. The normalized spacial score (nSPS) is 34.4. The summed E-state index contributed by atoms with van der Waals surface area (Å²) >= 11 is 0. The molecule has 0 saturated heterocycles. The zero-order valence-corrected chi connectivity index (χ0v) is 11.1. The molecule has 15 heavy (non-hydrogen) atoms. The van der Waals surface area contributed by atoms with E-state index in [1.165, 1.54) is 19.3 Å². The first kappa shape index (κ1) is 13.0. The lowest BCUT2D eigenvalue weighted by atomic mass is 9.75. The van der Waals surface area contributed by atoms with Gasteiger partial charge in [0, 0.05) is 0 Å². The standard InChI is InChI=1S/C14H28O/c1-6-12(5)15-14-9-11(4)7-8-13(14)10(2)3/h10-14H,6-9H2,1-5H3/t11-,12?,13+,14-/m0/s1. The maximum absolute atomic E-state index is 6.18. The second kappa shape index (κ2) is 5.89. The van der Waals surface area contributed by atoms with Crippen LogP contribution in [0.3, 0.4) is 0 Å². The van der Waals surface area contributed by atoms with E-state index in [1.54, 1.807) is 0 Å². The highest BCUT2D eigenvalue weighted by Crippen LogP contribution is 2.35. The molecule has 1 nitrogen and oxygen atoms in total. The number of hydrogen-bond donors (Lipinski definition) is 0. The van der Waals surface area contributed by atoms with Crippen LogP contribution in [0.25, 0.3) is 0 Å². The van der Waals surface area contributed by atoms with Gasteiger partial charge in [-0.25, -0.2) is 0 Å². The Kier molecular flexibility index (Phi) is 5.11. The van der Waals surface area contributed by atoms with Gasteiger partial charge in [0.2, 0.25) is 0 Å². The van der Waals surface area contributed by atoms with Gasteiger partial charge in [-0.15, -0.1) is 0 Å². The molecule has 0 spiro atoms. The Morgan fingerprint density at radius 1 is 1.20 bits per heavy atom. The van der Waals surface area contributed by atoms with Crippen molar-refractivity contribution in [2.75, 3.05) is 0 Å². The molecule has 0 aliphatic heterocycles. The van der Waals surface area contributed by atoms with E-state index in [9.17, 15) is 0 Å². The van der Waals surface area contributed by atoms with Crippen LogP contribution in [0, 0.1) is 17.8 Å². The molecule has 0 amide bonds. The summed E-state index contributed by atoms with van der Waals surface area (Å²) < 4.78 is 6.18. The molecule has 1 rings (SSSR count). The van der Waals surface area contributed by atoms with Crippen molar-refractivity contribution in [3.63, 3.8) is 0 Å². The van der Waals surface area contributed by atoms with Crippen LogP contribution < -0.4 is 0 Å². The summed E-state index contributed by atoms with van der Waals surface area (Å²) in [6.45, 7) is 11.5. The Bertz CT molecular complexity index is 176. The average molecular weight is 212 g/mol. The van der Waals surface area contributed by atoms with Gasteiger partial charge in [0.05, 0.1) is 12.2 Å². The molecular formula is C14H28O. The van der Waals surface area contributed by atoms with Crippen LogP contribution in [-0.2, 0) is 4.74 Å². The predicted molar refractivity (Wildman–Crippen MR) is 66.0 cm³/mol. The second-order valence-electron chi connectivity index (χ2n) is 5.72. The van der Waals surface area contributed by atoms with Crippen molar-refractivity contribution in [3.05, 3.63) is 0 Å². The first-order valence-corrected chi connectivity index (χ1v) is 6.70. The molecule has 1 aliphatic carbocycles. The molecule has 0 aromatic carbocycles. The molecule has 1 fully saturated rings. The minimum atomic E-state index is 0.432. The molecule has 0 aromatic rings. The summed E-state index contributed by atoms with van der Waals surface area (Å²) in [7, 11) is 0. The Morgan fingerprint density at radius 2 is 1.87 bits per heavy atom. The van der Waals surface area contributed by atoms with Crippen LogP contribution in [-0.4, -0.2) is 12.2 Å². The lowest BCUT2D eigenvalue weighted by Gasteiger charge is -2.38. The lowest BCUT2D eigenvalue weighted by Crippen LogP contribution is -2.36. The maximum Gasteiger partial charge on any atom is 0.0611 e. The SMILES string of the molecule is CCC(C)O[C@H]1C[C@@H](C)CC[C@@H]1C(C)C. The monoisotopic (exact) mass is 212 g/mol. The molecule has 1 aliphatic rings. The molecule has 1 heteroatoms. The highest BCUT2D eigenvalue weighted by molar-refractivity contribution is 4.81. The topological polar surface area (TPSA) is 9.23 Å². The minimum Gasteiger partial charge on any atom is -0.375 e. The van der Waals surface area contributed by atoms with Crippen LogP contribution in [0.1, 0.15) is 60.3 Å². The van der Waals surface area contributed by atoms with Gasteiger partial charge in [-0.05, 0) is 43.9 Å². The number of hydrogen-bond acceptors (Lipinski definition) is 1. The third kappa shape index (κ3) is 3.79. The minimum absolute atomic E-state index is 0.432. The van der Waals surface area contributed by atoms with Gasteiger partial charge in [-0.2, -0.15) is 0 Å². The van der Waals surface area contributed by atoms with Gasteiger partial charge < -0.3 is 4.74 Å². The second-order valence-corrected chi connectivity index (χ2v) is 5.72. The van der Waals surface area contributed by atoms with Crippen LogP contribution >= 0.6 is 0 Å². The van der Waals surface area contributed by atoms with Crippen molar-refractivity contribution >= 4 is 0 Å². The van der Waals surface area contributed by atoms with Gasteiger partial charge in [0.15, 0.2) is 0 Å². The molecule has 1 saturated carbocycles. The van der Waals surface area contributed by atoms with Gasteiger partial charge >= 0.3 is 0 Å². The van der Waals surface area contributed by atoms with Crippen molar-refractivity contribution in [1.82, 2.24) is 0 Å². The first-order chi connectivity index (χ1) is 7.04. The Balaban J connectivity index is 2.54. The van der Waals surface area contributed by atoms with E-state index in [-0.39, 0.29) is 0 Å². The molecule has 0 bridgehead atoms. The van der Waals surface area contributed by atoms with Crippen molar-refractivity contribution in [2.24, 2.45) is 17.8 Å². The fraction of sp³-hybridized carbons (Fsp3) is 1.00. The van der Waals surface area contributed by atoms with E-state index in [0.717, 1.165) is 24.2 Å². The highest BCUT2D eigenvalue weighted by atomic mass is 16.5. The average Bonchev–Trinajstić information content (AvgIpc) is 2.17. The smallest absolute Gasteiger partial charge is 0.0611 e. The summed E-state index contributed by atoms with van der Waals surface area (Å²) in [5.41, 5.74) is 0. The zero-order valence-electron chi connectivity index (χ0n) is 11.1. The molecule has 0 aromatic heterocycles. The number of rotatable bonds is 4. The van der Waals surface area contributed by atoms with Gasteiger partial charge in [0.1, 0.15) is 0 Å². The Hall–Kier alpha value is -0.0400. The molecule has 0 heterocycles. The van der Waals surface area contributed by atoms with Crippen LogP contribution in [0.4, 0.5) is 0 Å². The van der Waals surface area contributed by atoms with Crippen LogP contribution in [0.15, 0.2) is 0 Å². The van der Waals surface area contributed by atoms with Gasteiger partial charge in [-0.3, -0.25) is 0 Å². The molecule has 1 unspecified atom stereocenters. The van der Waals surface area contributed by atoms with E-state index in [0.29, 0.717) is 12.2 Å². The molecule has 0 radical (unpaired) electrons. The third-order valence-electron chi connectivity index (χ3n) is 3.94. The highest BCUT2D eigenvalue weighted by Gasteiger charge is 2.31.